The van der Waals surface area contributed by atoms with E-state index in [0.717, 1.165) is 22.7 Å². The van der Waals surface area contributed by atoms with Crippen LogP contribution in [0.25, 0.3) is 11.5 Å². The SMILES string of the molecule is CNC(=O)c1cc(C#N)cc(C)c1NC(=C1CCC1)c1cc(C(F)(F)F)nn1-c1ncccc1Cl. The molecule has 35 heavy (non-hydrogen) atoms. The molecule has 3 aromatic rings. The third-order valence-electron chi connectivity index (χ3n) is 5.69. The van der Waals surface area contributed by atoms with Crippen molar-refractivity contribution in [2.45, 2.75) is 32.4 Å². The molecule has 0 spiro atoms. The van der Waals surface area contributed by atoms with Gasteiger partial charge in [0.2, 0.25) is 0 Å². The molecule has 1 amide bonds. The maximum atomic E-state index is 13.7. The summed E-state index contributed by atoms with van der Waals surface area (Å²) in [4.78, 5) is 16.8. The number of carbonyl (C=O) groups is 1. The highest BCUT2D eigenvalue weighted by Crippen LogP contribution is 2.39. The molecule has 7 nitrogen and oxygen atoms in total. The summed E-state index contributed by atoms with van der Waals surface area (Å²) in [5.41, 5.74) is 1.71. The predicted molar refractivity (Wildman–Crippen MR) is 125 cm³/mol. The molecular weight excluding hydrogens is 481 g/mol. The highest BCUT2D eigenvalue weighted by Gasteiger charge is 2.37. The molecule has 2 aromatic heterocycles. The Kier molecular flexibility index (Phi) is 6.54. The molecule has 180 valence electrons. The van der Waals surface area contributed by atoms with Gasteiger partial charge in [-0.25, -0.2) is 9.67 Å². The summed E-state index contributed by atoms with van der Waals surface area (Å²) in [5.74, 6) is -0.398. The van der Waals surface area contributed by atoms with E-state index in [-0.39, 0.29) is 27.7 Å². The first-order chi connectivity index (χ1) is 16.6. The van der Waals surface area contributed by atoms with Gasteiger partial charge in [-0.2, -0.15) is 23.5 Å². The van der Waals surface area contributed by atoms with Crippen LogP contribution in [0.5, 0.6) is 0 Å². The van der Waals surface area contributed by atoms with Gasteiger partial charge in [0.15, 0.2) is 11.5 Å². The molecule has 2 heterocycles. The molecule has 1 aliphatic rings. The zero-order valence-electron chi connectivity index (χ0n) is 18.8. The van der Waals surface area contributed by atoms with E-state index in [2.05, 4.69) is 20.7 Å². The summed E-state index contributed by atoms with van der Waals surface area (Å²) < 4.78 is 42.2. The number of anilines is 1. The molecule has 0 saturated heterocycles. The number of alkyl halides is 3. The van der Waals surface area contributed by atoms with Crippen LogP contribution in [-0.2, 0) is 6.18 Å². The predicted octanol–water partition coefficient (Wildman–Crippen LogP) is 5.49. The van der Waals surface area contributed by atoms with Crippen molar-refractivity contribution in [1.82, 2.24) is 20.1 Å². The van der Waals surface area contributed by atoms with Crippen molar-refractivity contribution in [1.29, 1.82) is 5.26 Å². The van der Waals surface area contributed by atoms with Crippen molar-refractivity contribution in [3.8, 4) is 11.9 Å². The molecule has 4 rings (SSSR count). The number of amides is 1. The zero-order valence-corrected chi connectivity index (χ0v) is 19.6. The van der Waals surface area contributed by atoms with E-state index >= 15 is 0 Å². The number of hydrogen-bond donors (Lipinski definition) is 2. The van der Waals surface area contributed by atoms with Crippen LogP contribution in [0, 0.1) is 18.3 Å². The molecule has 0 unspecified atom stereocenters. The number of benzene rings is 1. The molecular formula is C24H20ClF3N6O. The van der Waals surface area contributed by atoms with E-state index in [0.29, 0.717) is 29.8 Å². The second-order valence-corrected chi connectivity index (χ2v) is 8.40. The highest BCUT2D eigenvalue weighted by molar-refractivity contribution is 6.32. The number of nitrogens with zero attached hydrogens (tertiary/aromatic N) is 4. The van der Waals surface area contributed by atoms with Crippen molar-refractivity contribution in [2.75, 3.05) is 12.4 Å². The molecule has 1 aromatic carbocycles. The molecule has 2 N–H and O–H groups in total. The Balaban J connectivity index is 1.94. The van der Waals surface area contributed by atoms with Gasteiger partial charge in [-0.15, -0.1) is 0 Å². The summed E-state index contributed by atoms with van der Waals surface area (Å²) in [5, 5.41) is 19.0. The number of aromatic nitrogens is 3. The van der Waals surface area contributed by atoms with Gasteiger partial charge in [0.25, 0.3) is 5.91 Å². The van der Waals surface area contributed by atoms with Crippen LogP contribution in [-0.4, -0.2) is 27.7 Å². The fourth-order valence-corrected chi connectivity index (χ4v) is 3.99. The summed E-state index contributed by atoms with van der Waals surface area (Å²) in [6.07, 6.45) is -1.09. The number of allylic oxidation sites excluding steroid dienone is 1. The van der Waals surface area contributed by atoms with Gasteiger partial charge in [-0.05, 0) is 67.7 Å². The van der Waals surface area contributed by atoms with Crippen molar-refractivity contribution in [3.05, 3.63) is 75.2 Å². The lowest BCUT2D eigenvalue weighted by Gasteiger charge is -2.25. The third kappa shape index (κ3) is 4.72. The lowest BCUT2D eigenvalue weighted by Crippen LogP contribution is -2.21. The smallest absolute Gasteiger partial charge is 0.355 e. The summed E-state index contributed by atoms with van der Waals surface area (Å²) in [6, 6.07) is 9.08. The van der Waals surface area contributed by atoms with E-state index in [1.807, 2.05) is 6.07 Å². The largest absolute Gasteiger partial charge is 0.435 e. The number of aryl methyl sites for hydroxylation is 1. The topological polar surface area (TPSA) is 95.6 Å². The quantitative estimate of drug-likeness (QED) is 0.483. The Bertz CT molecular complexity index is 1380. The maximum Gasteiger partial charge on any atom is 0.435 e. The van der Waals surface area contributed by atoms with Crippen LogP contribution in [0.4, 0.5) is 18.9 Å². The van der Waals surface area contributed by atoms with Crippen LogP contribution in [0.3, 0.4) is 0 Å². The van der Waals surface area contributed by atoms with Crippen LogP contribution in [0.15, 0.2) is 42.1 Å². The van der Waals surface area contributed by atoms with E-state index in [9.17, 15) is 23.2 Å². The first kappa shape index (κ1) is 24.3. The third-order valence-corrected chi connectivity index (χ3v) is 5.99. The lowest BCUT2D eigenvalue weighted by molar-refractivity contribution is -0.141. The van der Waals surface area contributed by atoms with Gasteiger partial charge in [0.1, 0.15) is 0 Å². The lowest BCUT2D eigenvalue weighted by atomic mass is 9.89. The maximum absolute atomic E-state index is 13.7. The Morgan fingerprint density at radius 1 is 1.26 bits per heavy atom. The second-order valence-electron chi connectivity index (χ2n) is 8.00. The molecule has 0 atom stereocenters. The molecule has 11 heteroatoms. The van der Waals surface area contributed by atoms with Crippen molar-refractivity contribution in [3.63, 3.8) is 0 Å². The zero-order chi connectivity index (χ0) is 25.3. The number of halogens is 4. The molecule has 1 aliphatic carbocycles. The summed E-state index contributed by atoms with van der Waals surface area (Å²) in [6.45, 7) is 1.72. The molecule has 0 aliphatic heterocycles. The summed E-state index contributed by atoms with van der Waals surface area (Å²) in [7, 11) is 1.46. The number of hydrogen-bond acceptors (Lipinski definition) is 5. The number of carbonyl (C=O) groups excluding carboxylic acids is 1. The minimum absolute atomic E-state index is 0.0435. The molecule has 1 saturated carbocycles. The Morgan fingerprint density at radius 2 is 2.00 bits per heavy atom. The van der Waals surface area contributed by atoms with Gasteiger partial charge in [0.05, 0.1) is 39.3 Å². The first-order valence-corrected chi connectivity index (χ1v) is 11.1. The second kappa shape index (κ2) is 9.43. The normalized spacial score (nSPS) is 13.1. The monoisotopic (exact) mass is 500 g/mol. The average molecular weight is 501 g/mol. The number of pyridine rings is 1. The van der Waals surface area contributed by atoms with Crippen molar-refractivity contribution in [2.24, 2.45) is 0 Å². The minimum atomic E-state index is -4.70. The van der Waals surface area contributed by atoms with Crippen LogP contribution in [0.1, 0.15) is 52.1 Å². The Hall–Kier alpha value is -3.84. The number of rotatable bonds is 5. The van der Waals surface area contributed by atoms with E-state index in [4.69, 9.17) is 11.6 Å². The Morgan fingerprint density at radius 3 is 2.57 bits per heavy atom. The first-order valence-electron chi connectivity index (χ1n) is 10.7. The van der Waals surface area contributed by atoms with Gasteiger partial charge in [-0.1, -0.05) is 11.6 Å². The standard InChI is InChI=1S/C24H20ClF3N6O/c1-13-9-14(12-29)10-16(23(35)30-2)20(13)32-21(15-5-3-6-15)18-11-19(24(26,27)28)33-34(18)22-17(25)7-4-8-31-22/h4,7-11,32H,3,5-6H2,1-2H3,(H,30,35). The number of nitriles is 1. The van der Waals surface area contributed by atoms with E-state index in [1.54, 1.807) is 19.1 Å². The summed E-state index contributed by atoms with van der Waals surface area (Å²) >= 11 is 6.27. The van der Waals surface area contributed by atoms with Gasteiger partial charge >= 0.3 is 6.18 Å². The van der Waals surface area contributed by atoms with Gasteiger partial charge < -0.3 is 10.6 Å². The van der Waals surface area contributed by atoms with Crippen molar-refractivity contribution < 1.29 is 18.0 Å². The average Bonchev–Trinajstić information content (AvgIpc) is 3.23. The molecule has 0 bridgehead atoms. The highest BCUT2D eigenvalue weighted by atomic mass is 35.5. The van der Waals surface area contributed by atoms with Crippen LogP contribution < -0.4 is 10.6 Å². The molecule has 1 fully saturated rings. The fraction of sp³-hybridized carbons (Fsp3) is 0.250. The van der Waals surface area contributed by atoms with E-state index < -0.39 is 17.8 Å². The Labute approximate surface area is 204 Å². The fourth-order valence-electron chi connectivity index (χ4n) is 3.79. The van der Waals surface area contributed by atoms with E-state index in [1.165, 1.54) is 25.4 Å². The van der Waals surface area contributed by atoms with Gasteiger partial charge in [0, 0.05) is 13.2 Å². The minimum Gasteiger partial charge on any atom is -0.355 e. The van der Waals surface area contributed by atoms with Crippen molar-refractivity contribution >= 4 is 28.9 Å². The van der Waals surface area contributed by atoms with Gasteiger partial charge in [-0.3, -0.25) is 4.79 Å². The number of nitrogens with one attached hydrogen (secondary N) is 2. The molecule has 0 radical (unpaired) electrons. The van der Waals surface area contributed by atoms with Crippen LogP contribution >= 0.6 is 11.6 Å². The van der Waals surface area contributed by atoms with Crippen LogP contribution in [0.2, 0.25) is 5.02 Å².